The Hall–Kier alpha value is -2.83. The summed E-state index contributed by atoms with van der Waals surface area (Å²) < 4.78 is 0. The molecule has 0 aliphatic rings. The Labute approximate surface area is 108 Å². The molecule has 98 valence electrons. The number of phenolic OH excluding ortho intramolecular Hbond substituents is 2. The Bertz CT molecular complexity index is 634. The van der Waals surface area contributed by atoms with Crippen LogP contribution in [0.5, 0.6) is 11.5 Å². The molecule has 1 aromatic carbocycles. The van der Waals surface area contributed by atoms with Gasteiger partial charge in [0.1, 0.15) is 0 Å². The number of aryl methyl sites for hydroxylation is 1. The van der Waals surface area contributed by atoms with Gasteiger partial charge in [-0.05, 0) is 36.8 Å². The summed E-state index contributed by atoms with van der Waals surface area (Å²) in [5.41, 5.74) is 3.85. The van der Waals surface area contributed by atoms with Gasteiger partial charge in [-0.15, -0.1) is 0 Å². The number of aromatic amines is 1. The van der Waals surface area contributed by atoms with Crippen LogP contribution < -0.4 is 5.43 Å². The van der Waals surface area contributed by atoms with Gasteiger partial charge in [-0.1, -0.05) is 0 Å². The lowest BCUT2D eigenvalue weighted by Crippen LogP contribution is -2.17. The van der Waals surface area contributed by atoms with E-state index in [9.17, 15) is 9.90 Å². The van der Waals surface area contributed by atoms with Crippen LogP contribution >= 0.6 is 0 Å². The van der Waals surface area contributed by atoms with E-state index in [1.807, 2.05) is 0 Å². The van der Waals surface area contributed by atoms with Crippen molar-refractivity contribution >= 4 is 12.1 Å². The molecule has 7 nitrogen and oxygen atoms in total. The Morgan fingerprint density at radius 1 is 1.37 bits per heavy atom. The van der Waals surface area contributed by atoms with E-state index in [2.05, 4.69) is 20.7 Å². The van der Waals surface area contributed by atoms with E-state index in [0.717, 1.165) is 5.69 Å². The number of nitrogens with one attached hydrogen (secondary N) is 2. The van der Waals surface area contributed by atoms with Gasteiger partial charge in [0, 0.05) is 5.69 Å². The Balaban J connectivity index is 2.00. The van der Waals surface area contributed by atoms with Gasteiger partial charge in [0.2, 0.25) is 0 Å². The van der Waals surface area contributed by atoms with Gasteiger partial charge >= 0.3 is 0 Å². The van der Waals surface area contributed by atoms with Crippen molar-refractivity contribution in [3.8, 4) is 11.5 Å². The second-order valence-corrected chi connectivity index (χ2v) is 3.88. The van der Waals surface area contributed by atoms with Crippen LogP contribution in [0, 0.1) is 6.92 Å². The minimum Gasteiger partial charge on any atom is -0.504 e. The van der Waals surface area contributed by atoms with E-state index in [-0.39, 0.29) is 17.2 Å². The van der Waals surface area contributed by atoms with Crippen molar-refractivity contribution in [1.29, 1.82) is 0 Å². The highest BCUT2D eigenvalue weighted by atomic mass is 16.3. The molecule has 0 spiro atoms. The fourth-order valence-electron chi connectivity index (χ4n) is 1.38. The molecule has 2 aromatic rings. The summed E-state index contributed by atoms with van der Waals surface area (Å²) in [6.07, 6.45) is 1.34. The number of amides is 1. The Kier molecular flexibility index (Phi) is 3.46. The van der Waals surface area contributed by atoms with Crippen LogP contribution in [0.1, 0.15) is 21.7 Å². The van der Waals surface area contributed by atoms with Crippen molar-refractivity contribution in [2.75, 3.05) is 0 Å². The minimum absolute atomic E-state index is 0.215. The molecule has 0 bridgehead atoms. The number of benzene rings is 1. The predicted molar refractivity (Wildman–Crippen MR) is 68.2 cm³/mol. The number of H-pyrrole nitrogens is 1. The number of hydrogen-bond acceptors (Lipinski definition) is 5. The molecule has 0 saturated carbocycles. The third-order valence-corrected chi connectivity index (χ3v) is 2.32. The molecule has 4 N–H and O–H groups in total. The lowest BCUT2D eigenvalue weighted by molar-refractivity contribution is 0.0950. The van der Waals surface area contributed by atoms with E-state index in [1.54, 1.807) is 19.1 Å². The van der Waals surface area contributed by atoms with Gasteiger partial charge in [0.15, 0.2) is 17.2 Å². The Morgan fingerprint density at radius 3 is 2.79 bits per heavy atom. The molecule has 0 aliphatic heterocycles. The highest BCUT2D eigenvalue weighted by Gasteiger charge is 2.07. The number of hydrogen-bond donors (Lipinski definition) is 4. The molecule has 0 aliphatic carbocycles. The van der Waals surface area contributed by atoms with Gasteiger partial charge < -0.3 is 10.2 Å². The molecule has 2 rings (SSSR count). The second-order valence-electron chi connectivity index (χ2n) is 3.88. The number of aromatic hydroxyl groups is 2. The molecule has 7 heteroatoms. The maximum atomic E-state index is 11.6. The average molecular weight is 260 g/mol. The van der Waals surface area contributed by atoms with E-state index in [0.29, 0.717) is 5.56 Å². The number of phenols is 2. The van der Waals surface area contributed by atoms with E-state index in [4.69, 9.17) is 5.11 Å². The molecule has 1 aromatic heterocycles. The SMILES string of the molecule is Cc1cc(C(=O)N/N=C/c2ccc(O)c(O)c2)n[nH]1. The van der Waals surface area contributed by atoms with Crippen LogP contribution in [0.25, 0.3) is 0 Å². The number of rotatable bonds is 3. The monoisotopic (exact) mass is 260 g/mol. The third-order valence-electron chi connectivity index (χ3n) is 2.32. The van der Waals surface area contributed by atoms with Crippen molar-refractivity contribution in [2.45, 2.75) is 6.92 Å². The first kappa shape index (κ1) is 12.6. The average Bonchev–Trinajstić information content (AvgIpc) is 2.80. The van der Waals surface area contributed by atoms with Crippen molar-refractivity contribution in [1.82, 2.24) is 15.6 Å². The summed E-state index contributed by atoms with van der Waals surface area (Å²) in [6.45, 7) is 1.78. The quantitative estimate of drug-likeness (QED) is 0.373. The topological polar surface area (TPSA) is 111 Å². The largest absolute Gasteiger partial charge is 0.504 e. The number of aromatic nitrogens is 2. The van der Waals surface area contributed by atoms with Crippen LogP contribution in [0.4, 0.5) is 0 Å². The summed E-state index contributed by atoms with van der Waals surface area (Å²) in [4.78, 5) is 11.6. The standard InChI is InChI=1S/C12H12N4O3/c1-7-4-9(15-14-7)12(19)16-13-6-8-2-3-10(17)11(18)5-8/h2-6,17-18H,1H3,(H,14,15)(H,16,19)/b13-6+. The van der Waals surface area contributed by atoms with Gasteiger partial charge in [-0.25, -0.2) is 5.43 Å². The molecule has 0 saturated heterocycles. The zero-order valence-electron chi connectivity index (χ0n) is 10.1. The molecule has 0 fully saturated rings. The number of hydrazone groups is 1. The first-order chi connectivity index (χ1) is 9.06. The smallest absolute Gasteiger partial charge is 0.291 e. The summed E-state index contributed by atoms with van der Waals surface area (Å²) in [5.74, 6) is -0.907. The summed E-state index contributed by atoms with van der Waals surface area (Å²) in [5, 5.41) is 28.6. The second kappa shape index (κ2) is 5.21. The first-order valence-corrected chi connectivity index (χ1v) is 5.43. The van der Waals surface area contributed by atoms with Crippen molar-refractivity contribution in [3.63, 3.8) is 0 Å². The van der Waals surface area contributed by atoms with Crippen molar-refractivity contribution in [3.05, 3.63) is 41.2 Å². The molecule has 19 heavy (non-hydrogen) atoms. The van der Waals surface area contributed by atoms with E-state index < -0.39 is 5.91 Å². The number of nitrogens with zero attached hydrogens (tertiary/aromatic N) is 2. The zero-order valence-corrected chi connectivity index (χ0v) is 10.1. The zero-order chi connectivity index (χ0) is 13.8. The van der Waals surface area contributed by atoms with Crippen LogP contribution in [-0.4, -0.2) is 32.5 Å². The van der Waals surface area contributed by atoms with Crippen molar-refractivity contribution in [2.24, 2.45) is 5.10 Å². The lowest BCUT2D eigenvalue weighted by Gasteiger charge is -1.98. The molecule has 0 atom stereocenters. The fourth-order valence-corrected chi connectivity index (χ4v) is 1.38. The summed E-state index contributed by atoms with van der Waals surface area (Å²) in [6, 6.07) is 5.79. The van der Waals surface area contributed by atoms with Crippen LogP contribution in [0.15, 0.2) is 29.4 Å². The first-order valence-electron chi connectivity index (χ1n) is 5.43. The van der Waals surface area contributed by atoms with Crippen LogP contribution in [0.2, 0.25) is 0 Å². The summed E-state index contributed by atoms with van der Waals surface area (Å²) >= 11 is 0. The van der Waals surface area contributed by atoms with Gasteiger partial charge in [-0.3, -0.25) is 9.89 Å². The maximum absolute atomic E-state index is 11.6. The van der Waals surface area contributed by atoms with Crippen LogP contribution in [0.3, 0.4) is 0 Å². The molecule has 0 unspecified atom stereocenters. The predicted octanol–water partition coefficient (Wildman–Crippen LogP) is 0.893. The normalized spacial score (nSPS) is 10.8. The Morgan fingerprint density at radius 2 is 2.16 bits per heavy atom. The maximum Gasteiger partial charge on any atom is 0.291 e. The molecule has 1 amide bonds. The van der Waals surface area contributed by atoms with E-state index >= 15 is 0 Å². The lowest BCUT2D eigenvalue weighted by atomic mass is 10.2. The van der Waals surface area contributed by atoms with E-state index in [1.165, 1.54) is 18.3 Å². The number of carbonyl (C=O) groups is 1. The molecule has 1 heterocycles. The highest BCUT2D eigenvalue weighted by molar-refractivity contribution is 5.93. The van der Waals surface area contributed by atoms with Gasteiger partial charge in [0.25, 0.3) is 5.91 Å². The van der Waals surface area contributed by atoms with Crippen LogP contribution in [-0.2, 0) is 0 Å². The highest BCUT2D eigenvalue weighted by Crippen LogP contribution is 2.23. The summed E-state index contributed by atoms with van der Waals surface area (Å²) in [7, 11) is 0. The number of carbonyl (C=O) groups excluding carboxylic acids is 1. The van der Waals surface area contributed by atoms with Crippen molar-refractivity contribution < 1.29 is 15.0 Å². The minimum atomic E-state index is -0.441. The molecular weight excluding hydrogens is 248 g/mol. The fraction of sp³-hybridized carbons (Fsp3) is 0.0833. The third kappa shape index (κ3) is 3.09. The molecular formula is C12H12N4O3. The van der Waals surface area contributed by atoms with Gasteiger partial charge in [-0.2, -0.15) is 10.2 Å². The molecule has 0 radical (unpaired) electrons. The van der Waals surface area contributed by atoms with Gasteiger partial charge in [0.05, 0.1) is 6.21 Å².